The molecule has 0 aliphatic carbocycles. The first-order valence-electron chi connectivity index (χ1n) is 7.65. The summed E-state index contributed by atoms with van der Waals surface area (Å²) in [6, 6.07) is 7.60. The first-order chi connectivity index (χ1) is 11.3. The van der Waals surface area contributed by atoms with Gasteiger partial charge in [-0.15, -0.1) is 0 Å². The summed E-state index contributed by atoms with van der Waals surface area (Å²) in [5.74, 6) is -1.38. The summed E-state index contributed by atoms with van der Waals surface area (Å²) in [7, 11) is 3.41. The molecule has 0 spiro atoms. The van der Waals surface area contributed by atoms with Gasteiger partial charge in [-0.3, -0.25) is 4.90 Å². The molecule has 0 saturated carbocycles. The fourth-order valence-corrected chi connectivity index (χ4v) is 2.76. The largest absolute Gasteiger partial charge is 0.497 e. The molecule has 0 amide bonds. The van der Waals surface area contributed by atoms with Crippen LogP contribution >= 0.6 is 0 Å². The maximum Gasteiger partial charge on any atom is 0.490 e. The fourth-order valence-electron chi connectivity index (χ4n) is 2.76. The van der Waals surface area contributed by atoms with Gasteiger partial charge in [-0.1, -0.05) is 12.1 Å². The number of likely N-dealkylation sites (tertiary alicyclic amines) is 1. The second-order valence-electron chi connectivity index (χ2n) is 5.69. The molecule has 1 heterocycles. The number of esters is 1. The lowest BCUT2D eigenvalue weighted by Crippen LogP contribution is -2.35. The van der Waals surface area contributed by atoms with E-state index in [1.165, 1.54) is 0 Å². The lowest BCUT2D eigenvalue weighted by atomic mass is 10.1. The number of hydrogen-bond acceptors (Lipinski definition) is 5. The molecule has 24 heavy (non-hydrogen) atoms. The summed E-state index contributed by atoms with van der Waals surface area (Å²) in [6.45, 7) is 1.48. The van der Waals surface area contributed by atoms with Crippen LogP contribution in [-0.2, 0) is 9.53 Å². The highest BCUT2D eigenvalue weighted by Crippen LogP contribution is 2.24. The van der Waals surface area contributed by atoms with E-state index in [4.69, 9.17) is 4.74 Å². The molecule has 5 nitrogen and oxygen atoms in total. The lowest BCUT2D eigenvalue weighted by Gasteiger charge is -2.24. The Labute approximate surface area is 138 Å². The van der Waals surface area contributed by atoms with Gasteiger partial charge in [-0.05, 0) is 31.2 Å². The Hall–Kier alpha value is -1.80. The summed E-state index contributed by atoms with van der Waals surface area (Å²) < 4.78 is 46.5. The maximum atomic E-state index is 12.2. The molecule has 2 atom stereocenters. The summed E-state index contributed by atoms with van der Waals surface area (Å²) in [5.41, 5.74) is 1.02. The Morgan fingerprint density at radius 3 is 2.83 bits per heavy atom. The van der Waals surface area contributed by atoms with Crippen LogP contribution < -0.4 is 10.1 Å². The van der Waals surface area contributed by atoms with E-state index in [9.17, 15) is 18.0 Å². The number of hydrogen-bond donors (Lipinski definition) is 1. The number of ether oxygens (including phenoxy) is 2. The Bertz CT molecular complexity index is 566. The molecule has 0 aromatic heterocycles. The van der Waals surface area contributed by atoms with E-state index >= 15 is 0 Å². The minimum absolute atomic E-state index is 0.00262. The predicted molar refractivity (Wildman–Crippen MR) is 81.8 cm³/mol. The van der Waals surface area contributed by atoms with Crippen molar-refractivity contribution in [1.82, 2.24) is 10.2 Å². The van der Waals surface area contributed by atoms with Crippen LogP contribution in [-0.4, -0.2) is 56.9 Å². The predicted octanol–water partition coefficient (Wildman–Crippen LogP) is 2.14. The van der Waals surface area contributed by atoms with Crippen LogP contribution in [0.2, 0.25) is 0 Å². The van der Waals surface area contributed by atoms with Crippen molar-refractivity contribution in [2.24, 2.45) is 0 Å². The van der Waals surface area contributed by atoms with Crippen LogP contribution in [0.15, 0.2) is 24.3 Å². The highest BCUT2D eigenvalue weighted by Gasteiger charge is 2.43. The average molecular weight is 346 g/mol. The number of carbonyl (C=O) groups is 1. The quantitative estimate of drug-likeness (QED) is 0.800. The Morgan fingerprint density at radius 1 is 1.46 bits per heavy atom. The highest BCUT2D eigenvalue weighted by atomic mass is 19.4. The zero-order valence-electron chi connectivity index (χ0n) is 13.6. The van der Waals surface area contributed by atoms with Crippen molar-refractivity contribution in [3.8, 4) is 5.75 Å². The van der Waals surface area contributed by atoms with E-state index in [1.54, 1.807) is 7.11 Å². The van der Waals surface area contributed by atoms with E-state index in [0.29, 0.717) is 26.1 Å². The summed E-state index contributed by atoms with van der Waals surface area (Å²) >= 11 is 0. The molecule has 0 bridgehead atoms. The minimum atomic E-state index is -4.94. The zero-order valence-corrected chi connectivity index (χ0v) is 13.6. The fraction of sp³-hybridized carbons (Fsp3) is 0.562. The number of likely N-dealkylation sites (N-methyl/N-ethyl adjacent to an activating group) is 1. The number of nitrogens with one attached hydrogen (secondary N) is 1. The second-order valence-corrected chi connectivity index (χ2v) is 5.69. The third-order valence-electron chi connectivity index (χ3n) is 4.02. The number of benzene rings is 1. The van der Waals surface area contributed by atoms with Gasteiger partial charge in [0.15, 0.2) is 0 Å². The summed E-state index contributed by atoms with van der Waals surface area (Å²) in [4.78, 5) is 12.9. The van der Waals surface area contributed by atoms with Gasteiger partial charge in [0.1, 0.15) is 11.9 Å². The van der Waals surface area contributed by atoms with E-state index in [-0.39, 0.29) is 6.04 Å². The Kier molecular flexibility index (Phi) is 6.06. The molecule has 8 heteroatoms. The molecule has 0 unspecified atom stereocenters. The molecule has 1 fully saturated rings. The lowest BCUT2D eigenvalue weighted by molar-refractivity contribution is -0.204. The van der Waals surface area contributed by atoms with Gasteiger partial charge in [0.25, 0.3) is 0 Å². The number of methoxy groups -OCH3 is 1. The highest BCUT2D eigenvalue weighted by molar-refractivity contribution is 5.75. The molecule has 2 rings (SSSR count). The van der Waals surface area contributed by atoms with Gasteiger partial charge in [-0.2, -0.15) is 13.2 Å². The van der Waals surface area contributed by atoms with E-state index in [2.05, 4.69) is 10.1 Å². The van der Waals surface area contributed by atoms with Crippen LogP contribution in [0.1, 0.15) is 18.0 Å². The van der Waals surface area contributed by atoms with Gasteiger partial charge in [-0.25, -0.2) is 4.79 Å². The molecule has 1 aliphatic heterocycles. The zero-order chi connectivity index (χ0) is 17.7. The molecule has 0 radical (unpaired) electrons. The van der Waals surface area contributed by atoms with Crippen LogP contribution in [0, 0.1) is 0 Å². The second kappa shape index (κ2) is 7.85. The van der Waals surface area contributed by atoms with Crippen molar-refractivity contribution in [1.29, 1.82) is 0 Å². The van der Waals surface area contributed by atoms with Crippen LogP contribution in [0.25, 0.3) is 0 Å². The Morgan fingerprint density at radius 2 is 2.21 bits per heavy atom. The Balaban J connectivity index is 1.92. The van der Waals surface area contributed by atoms with Crippen LogP contribution in [0.4, 0.5) is 13.2 Å². The van der Waals surface area contributed by atoms with Gasteiger partial charge in [0.2, 0.25) is 0 Å². The van der Waals surface area contributed by atoms with Gasteiger partial charge < -0.3 is 14.8 Å². The van der Waals surface area contributed by atoms with Crippen molar-refractivity contribution >= 4 is 5.97 Å². The number of carbonyl (C=O) groups excluding carboxylic acids is 1. The molecule has 134 valence electrons. The number of alkyl halides is 3. The number of nitrogens with zero attached hydrogens (tertiary/aromatic N) is 1. The SMILES string of the molecule is CN[C@H](CN1CC[C@H](OC(=O)C(F)(F)F)C1)c1cccc(OC)c1. The first-order valence-corrected chi connectivity index (χ1v) is 7.65. The van der Waals surface area contributed by atoms with Gasteiger partial charge >= 0.3 is 12.1 Å². The van der Waals surface area contributed by atoms with Crippen molar-refractivity contribution < 1.29 is 27.4 Å². The van der Waals surface area contributed by atoms with Crippen molar-refractivity contribution in [3.05, 3.63) is 29.8 Å². The molecule has 1 aromatic rings. The molecule has 1 aromatic carbocycles. The van der Waals surface area contributed by atoms with Crippen molar-refractivity contribution in [3.63, 3.8) is 0 Å². The molecule has 1 N–H and O–H groups in total. The van der Waals surface area contributed by atoms with Crippen molar-refractivity contribution in [2.45, 2.75) is 24.7 Å². The molecule has 1 aliphatic rings. The topological polar surface area (TPSA) is 50.8 Å². The molecule has 1 saturated heterocycles. The third-order valence-corrected chi connectivity index (χ3v) is 4.02. The van der Waals surface area contributed by atoms with Gasteiger partial charge in [0.05, 0.1) is 7.11 Å². The average Bonchev–Trinajstić information content (AvgIpc) is 2.99. The van der Waals surface area contributed by atoms with E-state index < -0.39 is 18.2 Å². The summed E-state index contributed by atoms with van der Waals surface area (Å²) in [6.07, 6.45) is -5.26. The smallest absolute Gasteiger partial charge is 0.490 e. The third kappa shape index (κ3) is 4.85. The standard InChI is InChI=1S/C16H21F3N2O3/c1-20-14(11-4-3-5-12(8-11)23-2)10-21-7-6-13(9-21)24-15(22)16(17,18)19/h3-5,8,13-14,20H,6-7,9-10H2,1-2H3/t13-,14+/m0/s1. The molecular formula is C16H21F3N2O3. The maximum absolute atomic E-state index is 12.2. The normalized spacial score (nSPS) is 20.0. The van der Waals surface area contributed by atoms with Crippen LogP contribution in [0.5, 0.6) is 5.75 Å². The van der Waals surface area contributed by atoms with E-state index in [0.717, 1.165) is 11.3 Å². The van der Waals surface area contributed by atoms with Crippen LogP contribution in [0.3, 0.4) is 0 Å². The first kappa shape index (κ1) is 18.5. The minimum Gasteiger partial charge on any atom is -0.497 e. The van der Waals surface area contributed by atoms with E-state index in [1.807, 2.05) is 36.2 Å². The van der Waals surface area contributed by atoms with Gasteiger partial charge in [0, 0.05) is 25.7 Å². The molecular weight excluding hydrogens is 325 g/mol. The summed E-state index contributed by atoms with van der Waals surface area (Å²) in [5, 5.41) is 3.19. The monoisotopic (exact) mass is 346 g/mol. The van der Waals surface area contributed by atoms with Crippen molar-refractivity contribution in [2.75, 3.05) is 33.8 Å². The number of rotatable bonds is 6. The number of halogens is 3.